The summed E-state index contributed by atoms with van der Waals surface area (Å²) in [5.41, 5.74) is 0.882. The van der Waals surface area contributed by atoms with Crippen LogP contribution in [0, 0.1) is 0 Å². The fourth-order valence-corrected chi connectivity index (χ4v) is 3.93. The van der Waals surface area contributed by atoms with E-state index in [-0.39, 0.29) is 23.8 Å². The van der Waals surface area contributed by atoms with Crippen LogP contribution in [0.25, 0.3) is 10.8 Å². The molecule has 0 saturated carbocycles. The number of halogens is 1. The molecule has 2 N–H and O–H groups in total. The van der Waals surface area contributed by atoms with Crippen molar-refractivity contribution in [1.29, 1.82) is 0 Å². The highest BCUT2D eigenvalue weighted by atomic mass is 35.5. The minimum Gasteiger partial charge on any atom is -0.352 e. The molecule has 0 atom stereocenters. The summed E-state index contributed by atoms with van der Waals surface area (Å²) in [6, 6.07) is 19.7. The average molecular weight is 403 g/mol. The topological polar surface area (TPSA) is 75.3 Å². The molecule has 0 aliphatic heterocycles. The first kappa shape index (κ1) is 19.4. The molecule has 0 saturated heterocycles. The molecule has 0 aliphatic carbocycles. The Morgan fingerprint density at radius 1 is 0.926 bits per heavy atom. The minimum atomic E-state index is -3.67. The van der Waals surface area contributed by atoms with Gasteiger partial charge in [-0.2, -0.15) is 0 Å². The van der Waals surface area contributed by atoms with Crippen LogP contribution in [0.15, 0.2) is 71.6 Å². The molecule has 5 nitrogen and oxygen atoms in total. The molecule has 0 heterocycles. The Kier molecular flexibility index (Phi) is 6.11. The van der Waals surface area contributed by atoms with Crippen LogP contribution in [0.4, 0.5) is 0 Å². The predicted octanol–water partition coefficient (Wildman–Crippen LogP) is 3.48. The Hall–Kier alpha value is -2.41. The van der Waals surface area contributed by atoms with Gasteiger partial charge in [-0.05, 0) is 40.6 Å². The van der Waals surface area contributed by atoms with Gasteiger partial charge in [0.1, 0.15) is 0 Å². The quantitative estimate of drug-likeness (QED) is 0.635. The van der Waals surface area contributed by atoms with Crippen LogP contribution in [-0.4, -0.2) is 20.9 Å². The van der Waals surface area contributed by atoms with E-state index in [0.29, 0.717) is 11.6 Å². The van der Waals surface area contributed by atoms with Crippen LogP contribution >= 0.6 is 11.6 Å². The maximum absolute atomic E-state index is 12.4. The summed E-state index contributed by atoms with van der Waals surface area (Å²) < 4.78 is 27.3. The first-order valence-corrected chi connectivity index (χ1v) is 10.3. The van der Waals surface area contributed by atoms with Crippen LogP contribution in [-0.2, 0) is 21.4 Å². The molecule has 0 fully saturated rings. The van der Waals surface area contributed by atoms with Gasteiger partial charge in [0, 0.05) is 24.5 Å². The summed E-state index contributed by atoms with van der Waals surface area (Å²) in [6.07, 6.45) is 0.0490. The van der Waals surface area contributed by atoms with E-state index in [2.05, 4.69) is 10.0 Å². The second kappa shape index (κ2) is 8.52. The van der Waals surface area contributed by atoms with E-state index in [9.17, 15) is 13.2 Å². The van der Waals surface area contributed by atoms with Gasteiger partial charge in [-0.1, -0.05) is 54.1 Å². The third-order valence-corrected chi connectivity index (χ3v) is 5.75. The van der Waals surface area contributed by atoms with E-state index in [4.69, 9.17) is 11.6 Å². The van der Waals surface area contributed by atoms with Crippen molar-refractivity contribution in [3.63, 3.8) is 0 Å². The second-order valence-electron chi connectivity index (χ2n) is 6.06. The van der Waals surface area contributed by atoms with Gasteiger partial charge in [0.05, 0.1) is 4.90 Å². The lowest BCUT2D eigenvalue weighted by Gasteiger charge is -2.09. The SMILES string of the molecule is O=C(CCNS(=O)(=O)c1ccc2ccccc2c1)NCc1cccc(Cl)c1. The van der Waals surface area contributed by atoms with Crippen LogP contribution < -0.4 is 10.0 Å². The highest BCUT2D eigenvalue weighted by Gasteiger charge is 2.14. The first-order chi connectivity index (χ1) is 12.9. The van der Waals surface area contributed by atoms with Crippen molar-refractivity contribution in [2.45, 2.75) is 17.9 Å². The number of carbonyl (C=O) groups excluding carboxylic acids is 1. The highest BCUT2D eigenvalue weighted by Crippen LogP contribution is 2.18. The zero-order valence-electron chi connectivity index (χ0n) is 14.5. The van der Waals surface area contributed by atoms with E-state index < -0.39 is 10.0 Å². The van der Waals surface area contributed by atoms with Crippen molar-refractivity contribution >= 4 is 38.3 Å². The Morgan fingerprint density at radius 3 is 2.48 bits per heavy atom. The van der Waals surface area contributed by atoms with Crippen molar-refractivity contribution in [2.75, 3.05) is 6.54 Å². The Balaban J connectivity index is 1.53. The van der Waals surface area contributed by atoms with Gasteiger partial charge >= 0.3 is 0 Å². The van der Waals surface area contributed by atoms with Gasteiger partial charge in [-0.3, -0.25) is 4.79 Å². The molecule has 0 radical (unpaired) electrons. The Morgan fingerprint density at radius 2 is 1.70 bits per heavy atom. The maximum Gasteiger partial charge on any atom is 0.240 e. The lowest BCUT2D eigenvalue weighted by molar-refractivity contribution is -0.121. The molecule has 1 amide bonds. The third kappa shape index (κ3) is 5.29. The molecular formula is C20H19ClN2O3S. The predicted molar refractivity (Wildman–Crippen MR) is 107 cm³/mol. The fraction of sp³-hybridized carbons (Fsp3) is 0.150. The van der Waals surface area contributed by atoms with E-state index in [0.717, 1.165) is 16.3 Å². The van der Waals surface area contributed by atoms with Gasteiger partial charge < -0.3 is 5.32 Å². The van der Waals surface area contributed by atoms with Crippen molar-refractivity contribution < 1.29 is 13.2 Å². The highest BCUT2D eigenvalue weighted by molar-refractivity contribution is 7.89. The smallest absolute Gasteiger partial charge is 0.240 e. The summed E-state index contributed by atoms with van der Waals surface area (Å²) in [5.74, 6) is -0.240. The zero-order chi connectivity index (χ0) is 19.3. The number of amides is 1. The summed E-state index contributed by atoms with van der Waals surface area (Å²) in [5, 5.41) is 5.16. The lowest BCUT2D eigenvalue weighted by atomic mass is 10.1. The summed E-state index contributed by atoms with van der Waals surface area (Å²) in [6.45, 7) is 0.368. The number of benzene rings is 3. The zero-order valence-corrected chi connectivity index (χ0v) is 16.1. The average Bonchev–Trinajstić information content (AvgIpc) is 2.66. The third-order valence-electron chi connectivity index (χ3n) is 4.05. The molecule has 140 valence electrons. The molecule has 3 aromatic rings. The van der Waals surface area contributed by atoms with Gasteiger partial charge in [0.25, 0.3) is 0 Å². The molecule has 7 heteroatoms. The molecule has 0 aromatic heterocycles. The van der Waals surface area contributed by atoms with Gasteiger partial charge in [0.15, 0.2) is 0 Å². The molecular weight excluding hydrogens is 384 g/mol. The number of hydrogen-bond donors (Lipinski definition) is 2. The molecule has 3 rings (SSSR count). The number of hydrogen-bond acceptors (Lipinski definition) is 3. The standard InChI is InChI=1S/C20H19ClN2O3S/c21-18-7-3-4-15(12-18)14-22-20(24)10-11-23-27(25,26)19-9-8-16-5-1-2-6-17(16)13-19/h1-9,12-13,23H,10-11,14H2,(H,22,24). The summed E-state index contributed by atoms with van der Waals surface area (Å²) in [4.78, 5) is 12.1. The molecule has 3 aromatic carbocycles. The number of fused-ring (bicyclic) bond motifs is 1. The molecule has 0 bridgehead atoms. The van der Waals surface area contributed by atoms with Crippen molar-refractivity contribution in [1.82, 2.24) is 10.0 Å². The van der Waals surface area contributed by atoms with E-state index in [1.807, 2.05) is 36.4 Å². The van der Waals surface area contributed by atoms with Crippen molar-refractivity contribution in [2.24, 2.45) is 0 Å². The molecule has 27 heavy (non-hydrogen) atoms. The van der Waals surface area contributed by atoms with E-state index >= 15 is 0 Å². The van der Waals surface area contributed by atoms with E-state index in [1.165, 1.54) is 0 Å². The minimum absolute atomic E-state index is 0.0243. The monoisotopic (exact) mass is 402 g/mol. The van der Waals surface area contributed by atoms with Crippen molar-refractivity contribution in [3.05, 3.63) is 77.3 Å². The lowest BCUT2D eigenvalue weighted by Crippen LogP contribution is -2.30. The number of nitrogens with one attached hydrogen (secondary N) is 2. The Bertz CT molecular complexity index is 1070. The van der Waals surface area contributed by atoms with Crippen LogP contribution in [0.1, 0.15) is 12.0 Å². The number of carbonyl (C=O) groups is 1. The Labute approximate surface area is 163 Å². The van der Waals surface area contributed by atoms with E-state index in [1.54, 1.807) is 30.3 Å². The van der Waals surface area contributed by atoms with Crippen LogP contribution in [0.5, 0.6) is 0 Å². The second-order valence-corrected chi connectivity index (χ2v) is 8.27. The molecule has 0 aliphatic rings. The number of rotatable bonds is 7. The largest absolute Gasteiger partial charge is 0.352 e. The molecule has 0 unspecified atom stereocenters. The molecule has 0 spiro atoms. The van der Waals surface area contributed by atoms with Crippen LogP contribution in [0.3, 0.4) is 0 Å². The van der Waals surface area contributed by atoms with Gasteiger partial charge in [-0.15, -0.1) is 0 Å². The summed E-state index contributed by atoms with van der Waals surface area (Å²) >= 11 is 5.90. The first-order valence-electron chi connectivity index (χ1n) is 8.44. The van der Waals surface area contributed by atoms with Gasteiger partial charge in [-0.25, -0.2) is 13.1 Å². The van der Waals surface area contributed by atoms with Crippen LogP contribution in [0.2, 0.25) is 5.02 Å². The van der Waals surface area contributed by atoms with Crippen molar-refractivity contribution in [3.8, 4) is 0 Å². The summed E-state index contributed by atoms with van der Waals surface area (Å²) in [7, 11) is -3.67. The van der Waals surface area contributed by atoms with Gasteiger partial charge in [0.2, 0.25) is 15.9 Å². The normalized spacial score (nSPS) is 11.4. The number of sulfonamides is 1. The fourth-order valence-electron chi connectivity index (χ4n) is 2.65. The maximum atomic E-state index is 12.4.